The third-order valence-electron chi connectivity index (χ3n) is 2.74. The third kappa shape index (κ3) is 4.10. The number of pyridine rings is 1. The topological polar surface area (TPSA) is 54.0 Å². The van der Waals surface area contributed by atoms with Crippen molar-refractivity contribution in [1.82, 2.24) is 10.3 Å². The van der Waals surface area contributed by atoms with Crippen LogP contribution in [0, 0.1) is 0 Å². The normalized spacial score (nSPS) is 11.6. The second-order valence-corrected chi connectivity index (χ2v) is 4.26. The van der Waals surface area contributed by atoms with Crippen LogP contribution >= 0.6 is 0 Å². The second kappa shape index (κ2) is 6.54. The average Bonchev–Trinajstić information content (AvgIpc) is 2.47. The van der Waals surface area contributed by atoms with E-state index in [0.717, 1.165) is 11.4 Å². The quantitative estimate of drug-likeness (QED) is 0.862. The van der Waals surface area contributed by atoms with Gasteiger partial charge in [0, 0.05) is 11.9 Å². The zero-order chi connectivity index (χ0) is 13.5. The van der Waals surface area contributed by atoms with E-state index in [0.29, 0.717) is 0 Å². The lowest BCUT2D eigenvalue weighted by atomic mass is 10.2. The molecule has 4 nitrogen and oxygen atoms in total. The number of aromatic nitrogens is 1. The number of nitrogens with zero attached hydrogens (tertiary/aromatic N) is 1. The number of hydrogen-bond acceptors (Lipinski definition) is 3. The second-order valence-electron chi connectivity index (χ2n) is 4.26. The largest absolute Gasteiger partial charge is 0.376 e. The van der Waals surface area contributed by atoms with E-state index in [4.69, 9.17) is 0 Å². The van der Waals surface area contributed by atoms with Crippen LogP contribution in [0.2, 0.25) is 0 Å². The molecule has 1 heterocycles. The zero-order valence-corrected chi connectivity index (χ0v) is 10.8. The molecule has 2 rings (SSSR count). The Morgan fingerprint density at radius 1 is 1.16 bits per heavy atom. The smallest absolute Gasteiger partial charge is 0.239 e. The number of hydrogen-bond donors (Lipinski definition) is 2. The van der Waals surface area contributed by atoms with Crippen molar-refractivity contribution in [2.24, 2.45) is 0 Å². The van der Waals surface area contributed by atoms with Crippen molar-refractivity contribution < 1.29 is 4.79 Å². The Balaban J connectivity index is 1.82. The molecule has 0 bridgehead atoms. The van der Waals surface area contributed by atoms with Crippen molar-refractivity contribution in [3.8, 4) is 0 Å². The monoisotopic (exact) mass is 255 g/mol. The molecule has 19 heavy (non-hydrogen) atoms. The van der Waals surface area contributed by atoms with Crippen molar-refractivity contribution in [2.45, 2.75) is 13.0 Å². The highest BCUT2D eigenvalue weighted by Crippen LogP contribution is 2.08. The first-order valence-corrected chi connectivity index (χ1v) is 6.25. The molecule has 1 aromatic carbocycles. The summed E-state index contributed by atoms with van der Waals surface area (Å²) in [5.41, 5.74) is 1.79. The van der Waals surface area contributed by atoms with E-state index in [1.165, 1.54) is 0 Å². The number of rotatable bonds is 5. The lowest BCUT2D eigenvalue weighted by Crippen LogP contribution is -2.32. The highest BCUT2D eigenvalue weighted by molar-refractivity contribution is 5.81. The van der Waals surface area contributed by atoms with Crippen molar-refractivity contribution >= 4 is 11.6 Å². The average molecular weight is 255 g/mol. The first kappa shape index (κ1) is 13.1. The maximum Gasteiger partial charge on any atom is 0.239 e. The molecule has 0 unspecified atom stereocenters. The van der Waals surface area contributed by atoms with E-state index in [-0.39, 0.29) is 18.5 Å². The van der Waals surface area contributed by atoms with Crippen LogP contribution in [0.25, 0.3) is 0 Å². The molecule has 98 valence electrons. The SMILES string of the molecule is C[C@@H](NC(=O)CNc1ccccc1)c1ccccn1. The minimum atomic E-state index is -0.0914. The number of anilines is 1. The van der Waals surface area contributed by atoms with Crippen molar-refractivity contribution in [3.05, 3.63) is 60.4 Å². The Kier molecular flexibility index (Phi) is 4.50. The molecular formula is C15H17N3O. The summed E-state index contributed by atoms with van der Waals surface area (Å²) in [6.07, 6.45) is 1.72. The highest BCUT2D eigenvalue weighted by Gasteiger charge is 2.09. The molecule has 0 aliphatic heterocycles. The minimum Gasteiger partial charge on any atom is -0.376 e. The molecule has 1 atom stereocenters. The fraction of sp³-hybridized carbons (Fsp3) is 0.200. The van der Waals surface area contributed by atoms with Gasteiger partial charge in [0.1, 0.15) is 0 Å². The number of amides is 1. The Hall–Kier alpha value is -2.36. The van der Waals surface area contributed by atoms with Crippen LogP contribution < -0.4 is 10.6 Å². The fourth-order valence-electron chi connectivity index (χ4n) is 1.74. The molecule has 0 aliphatic rings. The summed E-state index contributed by atoms with van der Waals surface area (Å²) in [6, 6.07) is 15.2. The molecule has 0 saturated carbocycles. The number of benzene rings is 1. The van der Waals surface area contributed by atoms with Crippen LogP contribution in [0.4, 0.5) is 5.69 Å². The number of carbonyl (C=O) groups is 1. The number of carbonyl (C=O) groups excluding carboxylic acids is 1. The summed E-state index contributed by atoms with van der Waals surface area (Å²) in [6.45, 7) is 2.17. The maximum absolute atomic E-state index is 11.8. The Morgan fingerprint density at radius 3 is 2.58 bits per heavy atom. The predicted octanol–water partition coefficient (Wildman–Crippen LogP) is 2.37. The van der Waals surface area contributed by atoms with Crippen LogP contribution in [0.5, 0.6) is 0 Å². The Morgan fingerprint density at radius 2 is 1.89 bits per heavy atom. The minimum absolute atomic E-state index is 0.0537. The molecule has 0 fully saturated rings. The van der Waals surface area contributed by atoms with E-state index in [1.807, 2.05) is 55.5 Å². The van der Waals surface area contributed by atoms with Crippen LogP contribution in [0.3, 0.4) is 0 Å². The van der Waals surface area contributed by atoms with Gasteiger partial charge in [0.25, 0.3) is 0 Å². The van der Waals surface area contributed by atoms with E-state index < -0.39 is 0 Å². The molecule has 1 aromatic heterocycles. The lowest BCUT2D eigenvalue weighted by Gasteiger charge is -2.14. The first-order chi connectivity index (χ1) is 9.25. The van der Waals surface area contributed by atoms with Gasteiger partial charge in [0.2, 0.25) is 5.91 Å². The van der Waals surface area contributed by atoms with Gasteiger partial charge >= 0.3 is 0 Å². The van der Waals surface area contributed by atoms with Crippen molar-refractivity contribution in [1.29, 1.82) is 0 Å². The maximum atomic E-state index is 11.8. The summed E-state index contributed by atoms with van der Waals surface area (Å²) < 4.78 is 0. The summed E-state index contributed by atoms with van der Waals surface area (Å²) in [5.74, 6) is -0.0537. The molecule has 0 saturated heterocycles. The van der Waals surface area contributed by atoms with Crippen molar-refractivity contribution in [3.63, 3.8) is 0 Å². The summed E-state index contributed by atoms with van der Waals surface area (Å²) in [5, 5.41) is 5.97. The summed E-state index contributed by atoms with van der Waals surface area (Å²) in [4.78, 5) is 16.0. The van der Waals surface area contributed by atoms with Gasteiger partial charge < -0.3 is 10.6 Å². The molecule has 0 radical (unpaired) electrons. The van der Waals surface area contributed by atoms with Crippen LogP contribution in [-0.4, -0.2) is 17.4 Å². The van der Waals surface area contributed by atoms with Gasteiger partial charge in [-0.05, 0) is 31.2 Å². The van der Waals surface area contributed by atoms with Crippen LogP contribution in [0.1, 0.15) is 18.7 Å². The van der Waals surface area contributed by atoms with Crippen LogP contribution in [0.15, 0.2) is 54.7 Å². The summed E-state index contributed by atoms with van der Waals surface area (Å²) in [7, 11) is 0. The highest BCUT2D eigenvalue weighted by atomic mass is 16.1. The lowest BCUT2D eigenvalue weighted by molar-refractivity contribution is -0.120. The Labute approximate surface area is 112 Å². The van der Waals surface area contributed by atoms with Gasteiger partial charge in [0.05, 0.1) is 18.3 Å². The summed E-state index contributed by atoms with van der Waals surface area (Å²) >= 11 is 0. The standard InChI is InChI=1S/C15H17N3O/c1-12(14-9-5-6-10-16-14)18-15(19)11-17-13-7-3-2-4-8-13/h2-10,12,17H,11H2,1H3,(H,18,19)/t12-/m1/s1. The third-order valence-corrected chi connectivity index (χ3v) is 2.74. The van der Waals surface area contributed by atoms with Gasteiger partial charge in [-0.2, -0.15) is 0 Å². The van der Waals surface area contributed by atoms with Gasteiger partial charge in [-0.15, -0.1) is 0 Å². The van der Waals surface area contributed by atoms with Gasteiger partial charge in [-0.3, -0.25) is 9.78 Å². The first-order valence-electron chi connectivity index (χ1n) is 6.25. The van der Waals surface area contributed by atoms with Gasteiger partial charge in [0.15, 0.2) is 0 Å². The fourth-order valence-corrected chi connectivity index (χ4v) is 1.74. The van der Waals surface area contributed by atoms with E-state index >= 15 is 0 Å². The molecule has 2 N–H and O–H groups in total. The predicted molar refractivity (Wildman–Crippen MR) is 75.7 cm³/mol. The van der Waals surface area contributed by atoms with E-state index in [2.05, 4.69) is 15.6 Å². The molecule has 0 aliphatic carbocycles. The molecule has 1 amide bonds. The van der Waals surface area contributed by atoms with Gasteiger partial charge in [-0.25, -0.2) is 0 Å². The van der Waals surface area contributed by atoms with Gasteiger partial charge in [-0.1, -0.05) is 24.3 Å². The van der Waals surface area contributed by atoms with E-state index in [1.54, 1.807) is 6.20 Å². The molecule has 4 heteroatoms. The van der Waals surface area contributed by atoms with Crippen molar-refractivity contribution in [2.75, 3.05) is 11.9 Å². The number of nitrogens with one attached hydrogen (secondary N) is 2. The molecule has 2 aromatic rings. The van der Waals surface area contributed by atoms with Crippen LogP contribution in [-0.2, 0) is 4.79 Å². The number of para-hydroxylation sites is 1. The molecule has 0 spiro atoms. The molecular weight excluding hydrogens is 238 g/mol. The zero-order valence-electron chi connectivity index (χ0n) is 10.8. The van der Waals surface area contributed by atoms with E-state index in [9.17, 15) is 4.79 Å². The Bertz CT molecular complexity index is 513.